The Balaban J connectivity index is 3.38. The van der Waals surface area contributed by atoms with Crippen LogP contribution < -0.4 is 11.0 Å². The number of nitrogens with one attached hydrogen (secondary N) is 2. The van der Waals surface area contributed by atoms with Crippen molar-refractivity contribution in [1.29, 1.82) is 5.40 Å². The van der Waals surface area contributed by atoms with E-state index >= 15 is 0 Å². The van der Waals surface area contributed by atoms with Gasteiger partial charge in [-0.15, -0.1) is 0 Å². The lowest BCUT2D eigenvalue weighted by atomic mass is 10.7. The van der Waals surface area contributed by atoms with Crippen LogP contribution in [0.4, 0.5) is 0 Å². The third-order valence-electron chi connectivity index (χ3n) is 0.344. The second-order valence-electron chi connectivity index (χ2n) is 0.879. The molecule has 4 N–H and O–H groups in total. The second-order valence-corrected chi connectivity index (χ2v) is 0.879. The first-order valence-corrected chi connectivity index (χ1v) is 1.78. The van der Waals surface area contributed by atoms with Crippen molar-refractivity contribution < 1.29 is 2.82 Å². The summed E-state index contributed by atoms with van der Waals surface area (Å²) < 4.78 is 12.9. The van der Waals surface area contributed by atoms with Crippen LogP contribution in [0.25, 0.3) is 0 Å². The van der Waals surface area contributed by atoms with Gasteiger partial charge in [-0.05, 0) is 6.92 Å². The summed E-state index contributed by atoms with van der Waals surface area (Å²) in [5.74, 6) is 0.174. The average Bonchev–Trinajstić information content (AvgIpc) is 1.83. The maximum absolute atomic E-state index is 6.50. The maximum Gasteiger partial charge on any atom is 0.191 e. The van der Waals surface area contributed by atoms with Crippen molar-refractivity contribution in [3.8, 4) is 0 Å². The van der Waals surface area contributed by atoms with Gasteiger partial charge in [0, 0.05) is 6.54 Å². The molecule has 0 unspecified atom stereocenters. The molecule has 0 aromatic carbocycles. The molecule has 0 rings (SSSR count). The highest BCUT2D eigenvalue weighted by Crippen LogP contribution is 1.46. The van der Waals surface area contributed by atoms with E-state index in [1.54, 1.807) is 0 Å². The number of rotatable bonds is 1. The zero-order valence-corrected chi connectivity index (χ0v) is 3.65. The lowest BCUT2D eigenvalue weighted by Crippen LogP contribution is -2.29. The van der Waals surface area contributed by atoms with Crippen LogP contribution in [0.3, 0.4) is 0 Å². The number of guanidine groups is 1. The van der Waals surface area contributed by atoms with E-state index in [1.165, 1.54) is 0 Å². The molecular weight excluding hydrogens is 78.1 g/mol. The molecule has 0 aliphatic heterocycles. The third kappa shape index (κ3) is 3.27. The molecule has 0 radical (unpaired) electrons. The first-order valence-electron chi connectivity index (χ1n) is 2.73. The summed E-state index contributed by atoms with van der Waals surface area (Å²) in [6, 6.07) is 0. The Morgan fingerprint density at radius 3 is 3.50 bits per heavy atom. The highest BCUT2D eigenvalue weighted by atomic mass is 15.0. The average molecular weight is 89.1 g/mol. The topological polar surface area (TPSA) is 61.9 Å². The molecule has 0 aliphatic rings. The van der Waals surface area contributed by atoms with Gasteiger partial charge in [0.05, 0.1) is 0 Å². The van der Waals surface area contributed by atoms with Gasteiger partial charge in [-0.25, -0.2) is 0 Å². The van der Waals surface area contributed by atoms with Crippen LogP contribution in [-0.4, -0.2) is 12.5 Å². The van der Waals surface area contributed by atoms with E-state index in [-0.39, 0.29) is 5.96 Å². The quantitative estimate of drug-likeness (QED) is 0.299. The normalized spacial score (nSPS) is 15.2. The standard InChI is InChI=1S/C3H9N3/c1-2-6-3(4)5/h2H2,1H3,(H4,4,5,6)/i/hD2. The summed E-state index contributed by atoms with van der Waals surface area (Å²) in [5, 5.41) is 5.60. The lowest BCUT2D eigenvalue weighted by Gasteiger charge is -1.92. The van der Waals surface area contributed by atoms with Crippen molar-refractivity contribution in [2.45, 2.75) is 6.92 Å². The highest BCUT2D eigenvalue weighted by Gasteiger charge is 1.73. The maximum atomic E-state index is 6.50. The van der Waals surface area contributed by atoms with Gasteiger partial charge >= 0.3 is 0 Å². The van der Waals surface area contributed by atoms with Crippen molar-refractivity contribution in [1.82, 2.24) is 5.32 Å². The van der Waals surface area contributed by atoms with Crippen molar-refractivity contribution >= 4 is 5.96 Å². The van der Waals surface area contributed by atoms with Crippen LogP contribution in [0.15, 0.2) is 0 Å². The van der Waals surface area contributed by atoms with E-state index in [0.717, 1.165) is 0 Å². The molecule has 36 valence electrons. The summed E-state index contributed by atoms with van der Waals surface area (Å²) >= 11 is 0. The number of hydrogen-bond donors (Lipinski definition) is 3. The third-order valence-corrected chi connectivity index (χ3v) is 0.344. The Morgan fingerprint density at radius 1 is 2.50 bits per heavy atom. The van der Waals surface area contributed by atoms with E-state index in [4.69, 9.17) is 2.82 Å². The van der Waals surface area contributed by atoms with E-state index < -0.39 is 0 Å². The van der Waals surface area contributed by atoms with Gasteiger partial charge in [0.1, 0.15) is 0 Å². The molecule has 3 heteroatoms. The predicted molar refractivity (Wildman–Crippen MR) is 25.6 cm³/mol. The molecule has 6 heavy (non-hydrogen) atoms. The van der Waals surface area contributed by atoms with Crippen molar-refractivity contribution in [2.75, 3.05) is 6.54 Å². The van der Waals surface area contributed by atoms with Crippen molar-refractivity contribution in [3.05, 3.63) is 0 Å². The van der Waals surface area contributed by atoms with Crippen LogP contribution in [0.5, 0.6) is 0 Å². The smallest absolute Gasteiger partial charge is 0.191 e. The molecule has 0 aromatic heterocycles. The Labute approximate surface area is 40.0 Å². The van der Waals surface area contributed by atoms with Crippen LogP contribution in [0.2, 0.25) is 2.82 Å². The molecule has 0 aromatic rings. The molecule has 0 bridgehead atoms. The molecule has 0 heterocycles. The fourth-order valence-electron chi connectivity index (χ4n) is 0.167. The van der Waals surface area contributed by atoms with Crippen LogP contribution in [-0.2, 0) is 0 Å². The Kier molecular flexibility index (Phi) is 1.02. The van der Waals surface area contributed by atoms with Crippen LogP contribution in [0.1, 0.15) is 6.92 Å². The van der Waals surface area contributed by atoms with E-state index in [0.29, 0.717) is 6.54 Å². The number of nitrogens with two attached hydrogens (primary N) is 1. The van der Waals surface area contributed by atoms with Gasteiger partial charge < -0.3 is 11.0 Å². The SMILES string of the molecule is [2H]N=C(N[2H])NCC. The highest BCUT2D eigenvalue weighted by molar-refractivity contribution is 5.74. The molecule has 0 atom stereocenters. The fourth-order valence-corrected chi connectivity index (χ4v) is 0.167. The van der Waals surface area contributed by atoms with Crippen molar-refractivity contribution in [3.63, 3.8) is 0 Å². The molecule has 0 fully saturated rings. The zero-order valence-electron chi connectivity index (χ0n) is 5.65. The van der Waals surface area contributed by atoms with Gasteiger partial charge in [-0.3, -0.25) is 5.40 Å². The predicted octanol–water partition coefficient (Wildman–Crippen LogP) is -0.511. The minimum Gasteiger partial charge on any atom is -0.370 e. The van der Waals surface area contributed by atoms with E-state index in [2.05, 4.69) is 10.7 Å². The second kappa shape index (κ2) is 2.50. The summed E-state index contributed by atoms with van der Waals surface area (Å²) in [4.78, 5) is 0. The van der Waals surface area contributed by atoms with E-state index in [1.807, 2.05) is 12.7 Å². The molecule has 0 amide bonds. The molecule has 0 spiro atoms. The Bertz CT molecular complexity index is 82.6. The first kappa shape index (κ1) is 2.44. The van der Waals surface area contributed by atoms with Gasteiger partial charge in [0.2, 0.25) is 0 Å². The Hall–Kier alpha value is -0.730. The first-order chi connectivity index (χ1) is 3.85. The van der Waals surface area contributed by atoms with Crippen LogP contribution in [0, 0.1) is 5.40 Å². The van der Waals surface area contributed by atoms with Crippen LogP contribution >= 0.6 is 0 Å². The van der Waals surface area contributed by atoms with Gasteiger partial charge in [0.25, 0.3) is 0 Å². The molecule has 0 saturated heterocycles. The van der Waals surface area contributed by atoms with Gasteiger partial charge in [0.15, 0.2) is 8.78 Å². The lowest BCUT2D eigenvalue weighted by molar-refractivity contribution is 0.945. The summed E-state index contributed by atoms with van der Waals surface area (Å²) in [5.41, 5.74) is 1.95. The molecule has 3 nitrogen and oxygen atoms in total. The molecule has 0 saturated carbocycles. The minimum absolute atomic E-state index is 0.174. The summed E-state index contributed by atoms with van der Waals surface area (Å²) in [6.07, 6.45) is 0. The molecule has 0 aliphatic carbocycles. The largest absolute Gasteiger partial charge is 0.370 e. The zero-order chi connectivity index (χ0) is 6.41. The molecular formula is C3H9N3. The monoisotopic (exact) mass is 89.1 g/mol. The number of hydrogen-bond acceptors (Lipinski definition) is 1. The van der Waals surface area contributed by atoms with E-state index in [9.17, 15) is 0 Å². The summed E-state index contributed by atoms with van der Waals surface area (Å²) in [7, 11) is 0. The van der Waals surface area contributed by atoms with Gasteiger partial charge in [-0.2, -0.15) is 0 Å². The minimum atomic E-state index is 0.174. The fraction of sp³-hybridized carbons (Fsp3) is 0.667. The Morgan fingerprint density at radius 2 is 3.33 bits per heavy atom. The van der Waals surface area contributed by atoms with Gasteiger partial charge in [-0.1, -0.05) is 0 Å². The summed E-state index contributed by atoms with van der Waals surface area (Å²) in [6.45, 7) is 2.53. The van der Waals surface area contributed by atoms with Crippen molar-refractivity contribution in [2.24, 2.45) is 5.73 Å².